The first kappa shape index (κ1) is 31.6. The van der Waals surface area contributed by atoms with E-state index >= 15 is 0 Å². The molecule has 8 nitrogen and oxygen atoms in total. The predicted molar refractivity (Wildman–Crippen MR) is 159 cm³/mol. The van der Waals surface area contributed by atoms with Crippen LogP contribution in [0.25, 0.3) is 0 Å². The monoisotopic (exact) mass is 583 g/mol. The van der Waals surface area contributed by atoms with Crippen molar-refractivity contribution in [1.82, 2.24) is 10.2 Å². The van der Waals surface area contributed by atoms with Crippen LogP contribution in [0.3, 0.4) is 0 Å². The maximum atomic E-state index is 14.1. The molecule has 3 rings (SSSR count). The van der Waals surface area contributed by atoms with E-state index in [1.165, 1.54) is 24.1 Å². The van der Waals surface area contributed by atoms with Gasteiger partial charge >= 0.3 is 0 Å². The van der Waals surface area contributed by atoms with Crippen LogP contribution in [0.4, 0.5) is 10.1 Å². The minimum atomic E-state index is -3.95. The highest BCUT2D eigenvalue weighted by molar-refractivity contribution is 7.92. The van der Waals surface area contributed by atoms with Crippen molar-refractivity contribution in [2.45, 2.75) is 52.2 Å². The average Bonchev–Trinajstić information content (AvgIpc) is 2.94. The Morgan fingerprint density at radius 2 is 1.66 bits per heavy atom. The fourth-order valence-corrected chi connectivity index (χ4v) is 5.22. The fraction of sp³-hybridized carbons (Fsp3) is 0.355. The molecule has 3 aromatic carbocycles. The zero-order chi connectivity index (χ0) is 30.2. The number of sulfonamides is 1. The van der Waals surface area contributed by atoms with Crippen molar-refractivity contribution in [3.05, 3.63) is 95.3 Å². The Balaban J connectivity index is 2.10. The zero-order valence-electron chi connectivity index (χ0n) is 24.1. The van der Waals surface area contributed by atoms with E-state index in [-0.39, 0.29) is 36.4 Å². The van der Waals surface area contributed by atoms with Gasteiger partial charge in [0.05, 0.1) is 19.1 Å². The van der Waals surface area contributed by atoms with Gasteiger partial charge in [-0.1, -0.05) is 55.5 Å². The van der Waals surface area contributed by atoms with Crippen molar-refractivity contribution >= 4 is 27.5 Å². The van der Waals surface area contributed by atoms with Gasteiger partial charge in [0, 0.05) is 19.0 Å². The topological polar surface area (TPSA) is 96.0 Å². The Kier molecular flexibility index (Phi) is 10.9. The molecule has 0 aliphatic rings. The summed E-state index contributed by atoms with van der Waals surface area (Å²) in [4.78, 5) is 29.2. The number of methoxy groups -OCH3 is 1. The van der Waals surface area contributed by atoms with E-state index < -0.39 is 34.3 Å². The van der Waals surface area contributed by atoms with Gasteiger partial charge in [0.15, 0.2) is 0 Å². The molecule has 0 heterocycles. The number of anilines is 1. The molecule has 2 atom stereocenters. The molecule has 0 radical (unpaired) electrons. The maximum absolute atomic E-state index is 14.1. The molecule has 0 aliphatic heterocycles. The lowest BCUT2D eigenvalue weighted by molar-refractivity contribution is -0.140. The van der Waals surface area contributed by atoms with Crippen LogP contribution in [0.2, 0.25) is 0 Å². The largest absolute Gasteiger partial charge is 0.495 e. The molecule has 0 spiro atoms. The van der Waals surface area contributed by atoms with E-state index in [9.17, 15) is 22.4 Å². The summed E-state index contributed by atoms with van der Waals surface area (Å²) in [6.07, 6.45) is 1.90. The van der Waals surface area contributed by atoms with Gasteiger partial charge in [-0.15, -0.1) is 0 Å². The molecule has 0 fully saturated rings. The number of benzene rings is 3. The summed E-state index contributed by atoms with van der Waals surface area (Å²) in [6, 6.07) is 18.9. The minimum absolute atomic E-state index is 0.0346. The molecule has 2 amide bonds. The minimum Gasteiger partial charge on any atom is -0.495 e. The summed E-state index contributed by atoms with van der Waals surface area (Å²) in [5, 5.41) is 2.98. The quantitative estimate of drug-likeness (QED) is 0.321. The first-order chi connectivity index (χ1) is 19.4. The first-order valence-corrected chi connectivity index (χ1v) is 15.3. The van der Waals surface area contributed by atoms with E-state index in [4.69, 9.17) is 4.74 Å². The first-order valence-electron chi connectivity index (χ1n) is 13.4. The molecule has 0 bridgehead atoms. The van der Waals surface area contributed by atoms with E-state index in [0.717, 1.165) is 21.7 Å². The van der Waals surface area contributed by atoms with Crippen LogP contribution < -0.4 is 14.4 Å². The van der Waals surface area contributed by atoms with Gasteiger partial charge < -0.3 is 15.0 Å². The van der Waals surface area contributed by atoms with Gasteiger partial charge in [-0.05, 0) is 61.2 Å². The van der Waals surface area contributed by atoms with E-state index in [1.807, 2.05) is 44.2 Å². The van der Waals surface area contributed by atoms with Crippen molar-refractivity contribution < 1.29 is 27.1 Å². The van der Waals surface area contributed by atoms with Crippen LogP contribution in [0, 0.1) is 12.7 Å². The summed E-state index contributed by atoms with van der Waals surface area (Å²) < 4.78 is 46.2. The highest BCUT2D eigenvalue weighted by atomic mass is 32.2. The number of amides is 2. The maximum Gasteiger partial charge on any atom is 0.244 e. The van der Waals surface area contributed by atoms with Crippen LogP contribution in [-0.4, -0.2) is 57.1 Å². The standard InChI is InChI=1S/C31H38FN3O5S/c1-6-23(3)33-31(37)28(19-24-10-8-7-9-11-24)34(20-25-13-15-26(32)16-14-25)30(36)21-35(41(5,38)39)27-18-22(2)12-17-29(27)40-4/h7-18,23,28H,6,19-21H2,1-5H3,(H,33,37)/t23-,28+/m0/s1. The van der Waals surface area contributed by atoms with Crippen LogP contribution in [-0.2, 0) is 32.6 Å². The molecule has 220 valence electrons. The summed E-state index contributed by atoms with van der Waals surface area (Å²) in [7, 11) is -2.52. The highest BCUT2D eigenvalue weighted by Gasteiger charge is 2.34. The van der Waals surface area contributed by atoms with Crippen molar-refractivity contribution in [3.8, 4) is 5.75 Å². The third kappa shape index (κ3) is 8.78. The Morgan fingerprint density at radius 1 is 1.00 bits per heavy atom. The molecular weight excluding hydrogens is 545 g/mol. The lowest BCUT2D eigenvalue weighted by Crippen LogP contribution is -2.54. The number of carbonyl (C=O) groups excluding carboxylic acids is 2. The molecule has 1 N–H and O–H groups in total. The second-order valence-electron chi connectivity index (χ2n) is 10.1. The molecule has 0 aromatic heterocycles. The SMILES string of the molecule is CC[C@H](C)NC(=O)[C@@H](Cc1ccccc1)N(Cc1ccc(F)cc1)C(=O)CN(c1cc(C)ccc1OC)S(C)(=O)=O. The molecular formula is C31H38FN3O5S. The summed E-state index contributed by atoms with van der Waals surface area (Å²) in [5.41, 5.74) is 2.41. The number of rotatable bonds is 13. The number of hydrogen-bond acceptors (Lipinski definition) is 5. The number of halogens is 1. The van der Waals surface area contributed by atoms with Crippen LogP contribution in [0.5, 0.6) is 5.75 Å². The molecule has 10 heteroatoms. The van der Waals surface area contributed by atoms with Crippen LogP contribution >= 0.6 is 0 Å². The van der Waals surface area contributed by atoms with E-state index in [0.29, 0.717) is 12.0 Å². The van der Waals surface area contributed by atoms with Gasteiger partial charge in [0.2, 0.25) is 21.8 Å². The van der Waals surface area contributed by atoms with E-state index in [1.54, 1.807) is 37.3 Å². The van der Waals surface area contributed by atoms with Crippen molar-refractivity contribution in [2.75, 3.05) is 24.2 Å². The molecule has 41 heavy (non-hydrogen) atoms. The van der Waals surface area contributed by atoms with Gasteiger partial charge in [-0.3, -0.25) is 13.9 Å². The van der Waals surface area contributed by atoms with Crippen molar-refractivity contribution in [3.63, 3.8) is 0 Å². The van der Waals surface area contributed by atoms with E-state index in [2.05, 4.69) is 5.32 Å². The third-order valence-corrected chi connectivity index (χ3v) is 7.95. The van der Waals surface area contributed by atoms with Crippen LogP contribution in [0.1, 0.15) is 37.0 Å². The fourth-order valence-electron chi connectivity index (χ4n) is 4.37. The van der Waals surface area contributed by atoms with Gasteiger partial charge in [-0.25, -0.2) is 12.8 Å². The molecule has 3 aromatic rings. The number of ether oxygens (including phenoxy) is 1. The number of hydrogen-bond donors (Lipinski definition) is 1. The Hall–Kier alpha value is -3.92. The van der Waals surface area contributed by atoms with Crippen LogP contribution in [0.15, 0.2) is 72.8 Å². The smallest absolute Gasteiger partial charge is 0.244 e. The van der Waals surface area contributed by atoms with Gasteiger partial charge in [0.25, 0.3) is 0 Å². The Bertz CT molecular complexity index is 1430. The zero-order valence-corrected chi connectivity index (χ0v) is 24.9. The van der Waals surface area contributed by atoms with Gasteiger partial charge in [-0.2, -0.15) is 0 Å². The molecule has 0 saturated carbocycles. The molecule has 0 unspecified atom stereocenters. The summed E-state index contributed by atoms with van der Waals surface area (Å²) >= 11 is 0. The Morgan fingerprint density at radius 3 is 2.24 bits per heavy atom. The number of nitrogens with zero attached hydrogens (tertiary/aromatic N) is 2. The summed E-state index contributed by atoms with van der Waals surface area (Å²) in [5.74, 6) is -1.10. The Labute approximate surface area is 242 Å². The normalized spacial score (nSPS) is 12.7. The number of aryl methyl sites for hydroxylation is 1. The second-order valence-corrected chi connectivity index (χ2v) is 12.0. The molecule has 0 aliphatic carbocycles. The van der Waals surface area contributed by atoms with Crippen molar-refractivity contribution in [1.29, 1.82) is 0 Å². The lowest BCUT2D eigenvalue weighted by Gasteiger charge is -2.34. The second kappa shape index (κ2) is 14.1. The van der Waals surface area contributed by atoms with Crippen molar-refractivity contribution in [2.24, 2.45) is 0 Å². The third-order valence-electron chi connectivity index (χ3n) is 6.82. The molecule has 0 saturated heterocycles. The lowest BCUT2D eigenvalue weighted by atomic mass is 10.0. The summed E-state index contributed by atoms with van der Waals surface area (Å²) in [6.45, 7) is 5.02. The number of carbonyl (C=O) groups is 2. The average molecular weight is 584 g/mol. The van der Waals surface area contributed by atoms with Gasteiger partial charge in [0.1, 0.15) is 24.2 Å². The predicted octanol–water partition coefficient (Wildman–Crippen LogP) is 4.46. The highest BCUT2D eigenvalue weighted by Crippen LogP contribution is 2.31. The number of nitrogens with one attached hydrogen (secondary N) is 1.